The van der Waals surface area contributed by atoms with Crippen molar-refractivity contribution < 1.29 is 0 Å². The molecule has 26 heavy (non-hydrogen) atoms. The van der Waals surface area contributed by atoms with Crippen molar-refractivity contribution in [1.82, 2.24) is 25.0 Å². The molecule has 2 rings (SSSR count). The topological polar surface area (TPSA) is 58.3 Å². The normalized spacial score (nSPS) is 11.6. The van der Waals surface area contributed by atoms with E-state index in [0.29, 0.717) is 0 Å². The van der Waals surface area contributed by atoms with E-state index >= 15 is 0 Å². The maximum absolute atomic E-state index is 5.98. The molecular weight excluding hydrogens is 348 g/mol. The van der Waals surface area contributed by atoms with Crippen molar-refractivity contribution in [1.29, 1.82) is 0 Å². The number of nitrogens with one attached hydrogen (secondary N) is 1. The Morgan fingerprint density at radius 2 is 2.04 bits per heavy atom. The Morgan fingerprint density at radius 3 is 2.73 bits per heavy atom. The van der Waals surface area contributed by atoms with Gasteiger partial charge in [-0.1, -0.05) is 44.0 Å². The lowest BCUT2D eigenvalue weighted by Crippen LogP contribution is -2.40. The van der Waals surface area contributed by atoms with Crippen LogP contribution in [0.4, 0.5) is 0 Å². The van der Waals surface area contributed by atoms with Crippen LogP contribution in [0.5, 0.6) is 0 Å². The smallest absolute Gasteiger partial charge is 0.194 e. The molecule has 0 aliphatic rings. The highest BCUT2D eigenvalue weighted by molar-refractivity contribution is 6.30. The Labute approximate surface area is 161 Å². The Morgan fingerprint density at radius 1 is 1.27 bits per heavy atom. The summed E-state index contributed by atoms with van der Waals surface area (Å²) >= 11 is 5.98. The van der Waals surface area contributed by atoms with Crippen LogP contribution in [0.2, 0.25) is 5.02 Å². The van der Waals surface area contributed by atoms with E-state index in [4.69, 9.17) is 16.6 Å². The van der Waals surface area contributed by atoms with E-state index in [1.807, 2.05) is 24.3 Å². The van der Waals surface area contributed by atoms with E-state index in [1.54, 1.807) is 6.33 Å². The van der Waals surface area contributed by atoms with Crippen molar-refractivity contribution in [2.45, 2.75) is 46.2 Å². The lowest BCUT2D eigenvalue weighted by atomic mass is 10.2. The number of rotatable bonds is 9. The molecule has 0 unspecified atom stereocenters. The molecule has 1 N–H and O–H groups in total. The van der Waals surface area contributed by atoms with Gasteiger partial charge in [0.15, 0.2) is 5.96 Å². The number of aryl methyl sites for hydroxylation is 1. The van der Waals surface area contributed by atoms with Crippen molar-refractivity contribution in [2.24, 2.45) is 4.99 Å². The first-order chi connectivity index (χ1) is 12.6. The molecule has 1 heterocycles. The van der Waals surface area contributed by atoms with Gasteiger partial charge in [0.25, 0.3) is 0 Å². The van der Waals surface area contributed by atoms with Crippen LogP contribution in [0.3, 0.4) is 0 Å². The third-order valence-corrected chi connectivity index (χ3v) is 4.37. The van der Waals surface area contributed by atoms with Crippen LogP contribution in [0, 0.1) is 0 Å². The van der Waals surface area contributed by atoms with Gasteiger partial charge in [0.1, 0.15) is 12.2 Å². The zero-order chi connectivity index (χ0) is 18.8. The fourth-order valence-corrected chi connectivity index (χ4v) is 2.75. The zero-order valence-electron chi connectivity index (χ0n) is 16.0. The van der Waals surface area contributed by atoms with Gasteiger partial charge in [-0.15, -0.1) is 10.2 Å². The average molecular weight is 377 g/mol. The Bertz CT molecular complexity index is 680. The van der Waals surface area contributed by atoms with Gasteiger partial charge in [0.05, 0.1) is 0 Å². The van der Waals surface area contributed by atoms with Gasteiger partial charge in [-0.2, -0.15) is 0 Å². The van der Waals surface area contributed by atoms with Crippen molar-refractivity contribution in [3.8, 4) is 0 Å². The SMILES string of the molecule is CCCCN=C(NCCn1cnnc1CC)N(C)Cc1ccc(Cl)cc1. The molecule has 0 atom stereocenters. The number of benzene rings is 1. The maximum Gasteiger partial charge on any atom is 0.194 e. The maximum atomic E-state index is 5.98. The highest BCUT2D eigenvalue weighted by Gasteiger charge is 2.08. The summed E-state index contributed by atoms with van der Waals surface area (Å²) in [6.45, 7) is 7.47. The first-order valence-corrected chi connectivity index (χ1v) is 9.62. The molecule has 0 aliphatic heterocycles. The number of aromatic nitrogens is 3. The number of guanidine groups is 1. The fraction of sp³-hybridized carbons (Fsp3) is 0.526. The number of nitrogens with zero attached hydrogens (tertiary/aromatic N) is 5. The lowest BCUT2D eigenvalue weighted by molar-refractivity contribution is 0.470. The largest absolute Gasteiger partial charge is 0.354 e. The quantitative estimate of drug-likeness (QED) is 0.414. The molecule has 7 heteroatoms. The van der Waals surface area contributed by atoms with Crippen LogP contribution < -0.4 is 5.32 Å². The summed E-state index contributed by atoms with van der Waals surface area (Å²) in [7, 11) is 2.06. The fourth-order valence-electron chi connectivity index (χ4n) is 2.62. The zero-order valence-corrected chi connectivity index (χ0v) is 16.7. The molecule has 0 fully saturated rings. The summed E-state index contributed by atoms with van der Waals surface area (Å²) in [5, 5.41) is 12.3. The molecule has 0 radical (unpaired) electrons. The van der Waals surface area contributed by atoms with E-state index in [1.165, 1.54) is 5.56 Å². The summed E-state index contributed by atoms with van der Waals surface area (Å²) in [6, 6.07) is 7.94. The predicted octanol–water partition coefficient (Wildman–Crippen LogP) is 3.37. The molecular formula is C19H29ClN6. The van der Waals surface area contributed by atoms with Crippen molar-refractivity contribution in [3.05, 3.63) is 47.0 Å². The van der Waals surface area contributed by atoms with Crippen LogP contribution in [-0.2, 0) is 19.5 Å². The van der Waals surface area contributed by atoms with Crippen LogP contribution in [0.15, 0.2) is 35.6 Å². The van der Waals surface area contributed by atoms with E-state index in [9.17, 15) is 0 Å². The standard InChI is InChI=1S/C19H29ClN6/c1-4-6-11-21-19(22-12-13-26-15-23-24-18(26)5-2)25(3)14-16-7-9-17(20)10-8-16/h7-10,15H,4-6,11-14H2,1-3H3,(H,21,22). The average Bonchev–Trinajstić information content (AvgIpc) is 3.10. The van der Waals surface area contributed by atoms with Gasteiger partial charge in [0, 0.05) is 44.7 Å². The Balaban J connectivity index is 1.95. The molecule has 6 nitrogen and oxygen atoms in total. The first-order valence-electron chi connectivity index (χ1n) is 9.24. The minimum absolute atomic E-state index is 0.757. The second-order valence-electron chi connectivity index (χ2n) is 6.26. The van der Waals surface area contributed by atoms with Crippen LogP contribution in [0.1, 0.15) is 38.1 Å². The van der Waals surface area contributed by atoms with E-state index in [0.717, 1.165) is 62.2 Å². The summed E-state index contributed by atoms with van der Waals surface area (Å²) in [5.74, 6) is 1.92. The van der Waals surface area contributed by atoms with Crippen molar-refractivity contribution >= 4 is 17.6 Å². The summed E-state index contributed by atoms with van der Waals surface area (Å²) in [5.41, 5.74) is 1.20. The molecule has 0 spiro atoms. The third-order valence-electron chi connectivity index (χ3n) is 4.12. The molecule has 2 aromatic rings. The molecule has 0 saturated carbocycles. The Kier molecular flexibility index (Phi) is 8.41. The van der Waals surface area contributed by atoms with E-state index in [-0.39, 0.29) is 0 Å². The van der Waals surface area contributed by atoms with Gasteiger partial charge in [0.2, 0.25) is 0 Å². The van der Waals surface area contributed by atoms with Crippen molar-refractivity contribution in [3.63, 3.8) is 0 Å². The lowest BCUT2D eigenvalue weighted by Gasteiger charge is -2.23. The summed E-state index contributed by atoms with van der Waals surface area (Å²) < 4.78 is 2.08. The molecule has 0 bridgehead atoms. The minimum atomic E-state index is 0.757. The Hall–Kier alpha value is -2.08. The molecule has 0 aliphatic carbocycles. The third kappa shape index (κ3) is 6.33. The van der Waals surface area contributed by atoms with Crippen LogP contribution in [0.25, 0.3) is 0 Å². The van der Waals surface area contributed by atoms with Gasteiger partial charge >= 0.3 is 0 Å². The predicted molar refractivity (Wildman–Crippen MR) is 108 cm³/mol. The monoisotopic (exact) mass is 376 g/mol. The number of hydrogen-bond donors (Lipinski definition) is 1. The summed E-state index contributed by atoms with van der Waals surface area (Å²) in [4.78, 5) is 6.90. The number of halogens is 1. The van der Waals surface area contributed by atoms with Crippen LogP contribution in [-0.4, -0.2) is 45.8 Å². The van der Waals surface area contributed by atoms with E-state index < -0.39 is 0 Å². The molecule has 0 amide bonds. The molecule has 1 aromatic heterocycles. The number of unbranched alkanes of at least 4 members (excludes halogenated alkanes) is 1. The molecule has 0 saturated heterocycles. The molecule has 142 valence electrons. The van der Waals surface area contributed by atoms with Gasteiger partial charge < -0.3 is 14.8 Å². The van der Waals surface area contributed by atoms with Gasteiger partial charge in [-0.25, -0.2) is 0 Å². The summed E-state index contributed by atoms with van der Waals surface area (Å²) in [6.07, 6.45) is 4.89. The van der Waals surface area contributed by atoms with E-state index in [2.05, 4.69) is 45.9 Å². The second-order valence-corrected chi connectivity index (χ2v) is 6.70. The highest BCUT2D eigenvalue weighted by atomic mass is 35.5. The second kappa shape index (κ2) is 10.8. The number of aliphatic imine (C=N–C) groups is 1. The first kappa shape index (κ1) is 20.2. The molecule has 1 aromatic carbocycles. The van der Waals surface area contributed by atoms with Gasteiger partial charge in [-0.3, -0.25) is 4.99 Å². The number of hydrogen-bond acceptors (Lipinski definition) is 3. The minimum Gasteiger partial charge on any atom is -0.354 e. The van der Waals surface area contributed by atoms with Gasteiger partial charge in [-0.05, 0) is 24.1 Å². The van der Waals surface area contributed by atoms with Crippen molar-refractivity contribution in [2.75, 3.05) is 20.1 Å². The highest BCUT2D eigenvalue weighted by Crippen LogP contribution is 2.11. The van der Waals surface area contributed by atoms with Crippen LogP contribution >= 0.6 is 11.6 Å².